The Labute approximate surface area is 197 Å². The van der Waals surface area contributed by atoms with Gasteiger partial charge in [0.15, 0.2) is 5.78 Å². The highest BCUT2D eigenvalue weighted by Gasteiger charge is 2.24. The third kappa shape index (κ3) is 4.34. The maximum atomic E-state index is 13.4. The summed E-state index contributed by atoms with van der Waals surface area (Å²) in [5, 5.41) is 4.78. The van der Waals surface area contributed by atoms with Gasteiger partial charge in [0.1, 0.15) is 18.1 Å². The quantitative estimate of drug-likeness (QED) is 0.345. The van der Waals surface area contributed by atoms with Crippen molar-refractivity contribution in [2.24, 2.45) is 0 Å². The highest BCUT2D eigenvalue weighted by atomic mass is 32.2. The summed E-state index contributed by atoms with van der Waals surface area (Å²) in [7, 11) is -0.935. The summed E-state index contributed by atoms with van der Waals surface area (Å²) < 4.78 is 44.4. The van der Waals surface area contributed by atoms with Gasteiger partial charge >= 0.3 is 0 Å². The van der Waals surface area contributed by atoms with Gasteiger partial charge in [0.05, 0.1) is 30.0 Å². The average molecular weight is 481 g/mol. The van der Waals surface area contributed by atoms with Crippen molar-refractivity contribution in [2.45, 2.75) is 25.3 Å². The molecular weight excluding hydrogens is 456 g/mol. The number of carbonyl (C=O) groups excluding carboxylic acids is 1. The molecule has 0 unspecified atom stereocenters. The van der Waals surface area contributed by atoms with Gasteiger partial charge in [-0.1, -0.05) is 17.7 Å². The summed E-state index contributed by atoms with van der Waals surface area (Å²) in [4.78, 5) is 11.9. The van der Waals surface area contributed by atoms with Gasteiger partial charge in [-0.25, -0.2) is 0 Å². The molecule has 8 nitrogen and oxygen atoms in total. The number of aromatic nitrogens is 2. The van der Waals surface area contributed by atoms with Gasteiger partial charge in [-0.3, -0.25) is 4.79 Å². The molecule has 0 saturated carbocycles. The van der Waals surface area contributed by atoms with Crippen molar-refractivity contribution in [3.8, 4) is 17.4 Å². The predicted molar refractivity (Wildman–Crippen MR) is 127 cm³/mol. The van der Waals surface area contributed by atoms with Crippen LogP contribution in [0.25, 0.3) is 10.9 Å². The maximum absolute atomic E-state index is 13.4. The Kier molecular flexibility index (Phi) is 6.30. The third-order valence-electron chi connectivity index (χ3n) is 5.42. The minimum Gasteiger partial charge on any atom is -0.497 e. The molecule has 0 spiro atoms. The minimum atomic E-state index is -3.98. The van der Waals surface area contributed by atoms with E-state index in [0.29, 0.717) is 33.5 Å². The Morgan fingerprint density at radius 3 is 2.35 bits per heavy atom. The summed E-state index contributed by atoms with van der Waals surface area (Å²) >= 11 is 0. The number of hydrogen-bond donors (Lipinski definition) is 0. The third-order valence-corrected chi connectivity index (χ3v) is 7.02. The van der Waals surface area contributed by atoms with Crippen molar-refractivity contribution in [1.82, 2.24) is 9.19 Å². The molecule has 0 fully saturated rings. The Hall–Kier alpha value is -3.85. The van der Waals surface area contributed by atoms with Crippen molar-refractivity contribution >= 4 is 26.7 Å². The van der Waals surface area contributed by atoms with Crippen molar-refractivity contribution in [3.05, 3.63) is 77.4 Å². The van der Waals surface area contributed by atoms with E-state index >= 15 is 0 Å². The zero-order valence-electron chi connectivity index (χ0n) is 19.2. The first-order valence-electron chi connectivity index (χ1n) is 10.4. The lowest BCUT2D eigenvalue weighted by Crippen LogP contribution is -2.14. The summed E-state index contributed by atoms with van der Waals surface area (Å²) in [6, 6.07) is 16.5. The molecule has 3 aromatic carbocycles. The van der Waals surface area contributed by atoms with Crippen LogP contribution in [0.2, 0.25) is 0 Å². The average Bonchev–Trinajstić information content (AvgIpc) is 3.21. The Bertz CT molecular complexity index is 1470. The molecular formula is C25H24N2O6S. The molecule has 0 aliphatic heterocycles. The fourth-order valence-corrected chi connectivity index (χ4v) is 4.81. The van der Waals surface area contributed by atoms with E-state index in [1.54, 1.807) is 60.7 Å². The second-order valence-corrected chi connectivity index (χ2v) is 9.49. The van der Waals surface area contributed by atoms with Crippen LogP contribution >= 0.6 is 0 Å². The van der Waals surface area contributed by atoms with E-state index in [1.807, 2.05) is 6.92 Å². The van der Waals surface area contributed by atoms with Gasteiger partial charge < -0.3 is 14.2 Å². The molecule has 176 valence electrons. The van der Waals surface area contributed by atoms with E-state index in [-0.39, 0.29) is 23.2 Å². The van der Waals surface area contributed by atoms with Crippen LogP contribution in [0.5, 0.6) is 17.4 Å². The van der Waals surface area contributed by atoms with Crippen LogP contribution < -0.4 is 14.2 Å². The van der Waals surface area contributed by atoms with Crippen molar-refractivity contribution in [1.29, 1.82) is 0 Å². The first kappa shape index (κ1) is 23.3. The van der Waals surface area contributed by atoms with E-state index in [0.717, 1.165) is 9.65 Å². The van der Waals surface area contributed by atoms with Gasteiger partial charge in [-0.05, 0) is 62.4 Å². The molecule has 34 heavy (non-hydrogen) atoms. The molecule has 4 aromatic rings. The smallest absolute Gasteiger partial charge is 0.283 e. The predicted octanol–water partition coefficient (Wildman–Crippen LogP) is 4.38. The standard InChI is InChI=1S/C25H24N2O6S/c1-16-5-9-21(10-6-16)34(29,30)27-23-11-8-20(31-3)14-22(23)25(26-27)33-15-19-13-18(17(2)28)7-12-24(19)32-4/h5-14H,15H2,1-4H3. The molecule has 0 aliphatic rings. The van der Waals surface area contributed by atoms with Gasteiger partial charge in [0, 0.05) is 11.1 Å². The lowest BCUT2D eigenvalue weighted by Gasteiger charge is -2.10. The number of ether oxygens (including phenoxy) is 3. The number of Topliss-reactive ketones (excluding diaryl/α,β-unsaturated/α-hetero) is 1. The second kappa shape index (κ2) is 9.18. The van der Waals surface area contributed by atoms with Crippen LogP contribution in [0.3, 0.4) is 0 Å². The van der Waals surface area contributed by atoms with E-state index in [4.69, 9.17) is 14.2 Å². The van der Waals surface area contributed by atoms with Gasteiger partial charge in [-0.15, -0.1) is 9.19 Å². The van der Waals surface area contributed by atoms with Crippen LogP contribution in [0.4, 0.5) is 0 Å². The highest BCUT2D eigenvalue weighted by molar-refractivity contribution is 7.90. The monoisotopic (exact) mass is 480 g/mol. The highest BCUT2D eigenvalue weighted by Crippen LogP contribution is 2.32. The van der Waals surface area contributed by atoms with Crippen molar-refractivity contribution < 1.29 is 27.4 Å². The maximum Gasteiger partial charge on any atom is 0.283 e. The van der Waals surface area contributed by atoms with Crippen LogP contribution in [0.15, 0.2) is 65.6 Å². The molecule has 0 N–H and O–H groups in total. The lowest BCUT2D eigenvalue weighted by molar-refractivity contribution is 0.101. The number of fused-ring (bicyclic) bond motifs is 1. The second-order valence-electron chi connectivity index (χ2n) is 7.72. The summed E-state index contributed by atoms with van der Waals surface area (Å²) in [6.45, 7) is 3.37. The van der Waals surface area contributed by atoms with Crippen LogP contribution in [-0.2, 0) is 16.6 Å². The summed E-state index contributed by atoms with van der Waals surface area (Å²) in [5.74, 6) is 1.09. The number of methoxy groups -OCH3 is 2. The molecule has 0 aliphatic carbocycles. The van der Waals surface area contributed by atoms with Crippen LogP contribution in [0, 0.1) is 6.92 Å². The molecule has 0 atom stereocenters. The first-order valence-corrected chi connectivity index (χ1v) is 11.9. The SMILES string of the molecule is COc1ccc2c(c1)c(OCc1cc(C(C)=O)ccc1OC)nn2S(=O)(=O)c1ccc(C)cc1. The molecule has 9 heteroatoms. The number of rotatable bonds is 8. The molecule has 0 radical (unpaired) electrons. The van der Waals surface area contributed by atoms with Crippen LogP contribution in [-0.4, -0.2) is 37.6 Å². The zero-order chi connectivity index (χ0) is 24.5. The fourth-order valence-electron chi connectivity index (χ4n) is 3.53. The Balaban J connectivity index is 1.79. The number of benzene rings is 3. The molecule has 0 amide bonds. The topological polar surface area (TPSA) is 96.7 Å². The number of hydrogen-bond acceptors (Lipinski definition) is 7. The van der Waals surface area contributed by atoms with E-state index in [1.165, 1.54) is 21.1 Å². The van der Waals surface area contributed by atoms with Gasteiger partial charge in [0.2, 0.25) is 5.88 Å². The zero-order valence-corrected chi connectivity index (χ0v) is 20.0. The van der Waals surface area contributed by atoms with Crippen LogP contribution in [0.1, 0.15) is 28.4 Å². The van der Waals surface area contributed by atoms with E-state index in [2.05, 4.69) is 5.10 Å². The van der Waals surface area contributed by atoms with E-state index < -0.39 is 10.0 Å². The molecule has 0 bridgehead atoms. The number of aryl methyl sites for hydroxylation is 1. The normalized spacial score (nSPS) is 11.4. The lowest BCUT2D eigenvalue weighted by atomic mass is 10.1. The summed E-state index contributed by atoms with van der Waals surface area (Å²) in [5.41, 5.74) is 2.43. The number of nitrogens with zero attached hydrogens (tertiary/aromatic N) is 2. The summed E-state index contributed by atoms with van der Waals surface area (Å²) in [6.07, 6.45) is 0. The number of carbonyl (C=O) groups is 1. The minimum absolute atomic E-state index is 0.0121. The first-order chi connectivity index (χ1) is 16.2. The molecule has 1 aromatic heterocycles. The Morgan fingerprint density at radius 1 is 0.971 bits per heavy atom. The largest absolute Gasteiger partial charge is 0.497 e. The van der Waals surface area contributed by atoms with Crippen molar-refractivity contribution in [2.75, 3.05) is 14.2 Å². The molecule has 1 heterocycles. The molecule has 4 rings (SSSR count). The fraction of sp³-hybridized carbons (Fsp3) is 0.200. The van der Waals surface area contributed by atoms with Gasteiger partial charge in [0.25, 0.3) is 10.0 Å². The van der Waals surface area contributed by atoms with Gasteiger partial charge in [-0.2, -0.15) is 8.42 Å². The molecule has 0 saturated heterocycles. The van der Waals surface area contributed by atoms with E-state index in [9.17, 15) is 13.2 Å². The Morgan fingerprint density at radius 2 is 1.71 bits per heavy atom. The number of ketones is 1. The van der Waals surface area contributed by atoms with Crippen molar-refractivity contribution in [3.63, 3.8) is 0 Å².